The van der Waals surface area contributed by atoms with E-state index >= 15 is 0 Å². The molecule has 18 heavy (non-hydrogen) atoms. The molecule has 0 saturated heterocycles. The molecule has 100 valence electrons. The normalized spacial score (nSPS) is 13.2. The van der Waals surface area contributed by atoms with Crippen molar-refractivity contribution in [2.24, 2.45) is 11.3 Å². The zero-order valence-electron chi connectivity index (χ0n) is 11.9. The molecule has 0 N–H and O–H groups in total. The average Bonchev–Trinajstić information content (AvgIpc) is 2.26. The van der Waals surface area contributed by atoms with Crippen molar-refractivity contribution in [3.8, 4) is 6.01 Å². The summed E-state index contributed by atoms with van der Waals surface area (Å²) in [5.41, 5.74) is 0.799. The zero-order chi connectivity index (χ0) is 13.8. The smallest absolute Gasteiger partial charge is 0.316 e. The maximum Gasteiger partial charge on any atom is 0.316 e. The van der Waals surface area contributed by atoms with Gasteiger partial charge in [-0.15, -0.1) is 0 Å². The molecule has 0 amide bonds. The van der Waals surface area contributed by atoms with E-state index in [9.17, 15) is 4.79 Å². The summed E-state index contributed by atoms with van der Waals surface area (Å²) in [6.07, 6.45) is 4.61. The van der Waals surface area contributed by atoms with Crippen LogP contribution >= 0.6 is 0 Å². The summed E-state index contributed by atoms with van der Waals surface area (Å²) in [7, 11) is 1.50. The standard InChI is InChI=1S/C14H22N2O2/c1-10(7-14(2,3)4)6-12(17)11-8-15-13(18-5)16-9-11/h8-10H,6-7H2,1-5H3. The van der Waals surface area contributed by atoms with Crippen LogP contribution in [0, 0.1) is 11.3 Å². The molecule has 0 saturated carbocycles. The van der Waals surface area contributed by atoms with Gasteiger partial charge in [0.1, 0.15) is 0 Å². The van der Waals surface area contributed by atoms with Crippen molar-refractivity contribution in [3.05, 3.63) is 18.0 Å². The monoisotopic (exact) mass is 250 g/mol. The highest BCUT2D eigenvalue weighted by atomic mass is 16.5. The Hall–Kier alpha value is -1.45. The van der Waals surface area contributed by atoms with Crippen LogP contribution in [-0.4, -0.2) is 22.9 Å². The number of carbonyl (C=O) groups excluding carboxylic acids is 1. The van der Waals surface area contributed by atoms with Gasteiger partial charge in [0, 0.05) is 18.8 Å². The van der Waals surface area contributed by atoms with E-state index in [4.69, 9.17) is 4.74 Å². The summed E-state index contributed by atoms with van der Waals surface area (Å²) >= 11 is 0. The van der Waals surface area contributed by atoms with Gasteiger partial charge in [0.15, 0.2) is 5.78 Å². The molecule has 1 atom stereocenters. The van der Waals surface area contributed by atoms with Crippen molar-refractivity contribution in [1.82, 2.24) is 9.97 Å². The van der Waals surface area contributed by atoms with Gasteiger partial charge in [-0.1, -0.05) is 27.7 Å². The lowest BCUT2D eigenvalue weighted by molar-refractivity contribution is 0.0953. The van der Waals surface area contributed by atoms with Crippen LogP contribution in [0.4, 0.5) is 0 Å². The number of methoxy groups -OCH3 is 1. The molecule has 0 fully saturated rings. The highest BCUT2D eigenvalue weighted by molar-refractivity contribution is 5.95. The highest BCUT2D eigenvalue weighted by Crippen LogP contribution is 2.26. The van der Waals surface area contributed by atoms with Crippen molar-refractivity contribution in [2.75, 3.05) is 7.11 Å². The minimum atomic E-state index is 0.0920. The van der Waals surface area contributed by atoms with Crippen LogP contribution in [0.2, 0.25) is 0 Å². The number of hydrogen-bond acceptors (Lipinski definition) is 4. The molecule has 0 spiro atoms. The molecule has 0 aromatic carbocycles. The molecule has 1 aromatic heterocycles. The van der Waals surface area contributed by atoms with Crippen molar-refractivity contribution >= 4 is 5.78 Å². The van der Waals surface area contributed by atoms with E-state index < -0.39 is 0 Å². The quantitative estimate of drug-likeness (QED) is 0.753. The Morgan fingerprint density at radius 2 is 1.89 bits per heavy atom. The molecule has 4 nitrogen and oxygen atoms in total. The van der Waals surface area contributed by atoms with E-state index in [0.29, 0.717) is 17.9 Å². The van der Waals surface area contributed by atoms with Gasteiger partial charge >= 0.3 is 6.01 Å². The number of carbonyl (C=O) groups is 1. The first-order chi connectivity index (χ1) is 8.31. The predicted octanol–water partition coefficient (Wildman–Crippen LogP) is 3.13. The molecule has 0 aliphatic carbocycles. The van der Waals surface area contributed by atoms with Crippen LogP contribution in [0.1, 0.15) is 50.9 Å². The van der Waals surface area contributed by atoms with Gasteiger partial charge < -0.3 is 4.74 Å². The minimum Gasteiger partial charge on any atom is -0.467 e. The number of rotatable bonds is 5. The second-order valence-corrected chi connectivity index (χ2v) is 5.96. The number of ether oxygens (including phenoxy) is 1. The lowest BCUT2D eigenvalue weighted by Gasteiger charge is -2.22. The number of ketones is 1. The topological polar surface area (TPSA) is 52.1 Å². The Bertz CT molecular complexity index is 393. The molecule has 1 heterocycles. The number of Topliss-reactive ketones (excluding diaryl/α,β-unsaturated/α-hetero) is 1. The van der Waals surface area contributed by atoms with E-state index in [1.807, 2.05) is 0 Å². The third-order valence-electron chi connectivity index (χ3n) is 2.63. The maximum absolute atomic E-state index is 12.0. The van der Waals surface area contributed by atoms with Crippen LogP contribution in [-0.2, 0) is 0 Å². The van der Waals surface area contributed by atoms with Crippen LogP contribution in [0.15, 0.2) is 12.4 Å². The van der Waals surface area contributed by atoms with E-state index in [2.05, 4.69) is 37.7 Å². The first-order valence-electron chi connectivity index (χ1n) is 6.21. The highest BCUT2D eigenvalue weighted by Gasteiger charge is 2.18. The third-order valence-corrected chi connectivity index (χ3v) is 2.63. The number of hydrogen-bond donors (Lipinski definition) is 0. The van der Waals surface area contributed by atoms with Crippen LogP contribution in [0.3, 0.4) is 0 Å². The van der Waals surface area contributed by atoms with Crippen LogP contribution < -0.4 is 4.74 Å². The average molecular weight is 250 g/mol. The molecule has 4 heteroatoms. The molecule has 0 aliphatic rings. The Labute approximate surface area is 109 Å². The fourth-order valence-corrected chi connectivity index (χ4v) is 2.12. The van der Waals surface area contributed by atoms with Crippen molar-refractivity contribution in [1.29, 1.82) is 0 Å². The van der Waals surface area contributed by atoms with Crippen molar-refractivity contribution in [3.63, 3.8) is 0 Å². The zero-order valence-corrected chi connectivity index (χ0v) is 11.9. The second kappa shape index (κ2) is 5.94. The lowest BCUT2D eigenvalue weighted by Crippen LogP contribution is -2.14. The summed E-state index contributed by atoms with van der Waals surface area (Å²) < 4.78 is 4.86. The van der Waals surface area contributed by atoms with Gasteiger partial charge in [0.05, 0.1) is 12.7 Å². The van der Waals surface area contributed by atoms with Crippen molar-refractivity contribution < 1.29 is 9.53 Å². The molecular formula is C14H22N2O2. The third kappa shape index (κ3) is 4.82. The maximum atomic E-state index is 12.0. The SMILES string of the molecule is COc1ncc(C(=O)CC(C)CC(C)(C)C)cn1. The summed E-state index contributed by atoms with van der Waals surface area (Å²) in [5.74, 6) is 0.453. The Morgan fingerprint density at radius 1 is 1.33 bits per heavy atom. The van der Waals surface area contributed by atoms with Gasteiger partial charge in [-0.05, 0) is 17.8 Å². The summed E-state index contributed by atoms with van der Waals surface area (Å²) in [6.45, 7) is 8.66. The van der Waals surface area contributed by atoms with Crippen LogP contribution in [0.5, 0.6) is 6.01 Å². The van der Waals surface area contributed by atoms with Gasteiger partial charge in [-0.25, -0.2) is 9.97 Å². The Balaban J connectivity index is 2.59. The summed E-state index contributed by atoms with van der Waals surface area (Å²) in [6, 6.07) is 0.286. The molecule has 1 aromatic rings. The fourth-order valence-electron chi connectivity index (χ4n) is 2.12. The molecule has 0 aliphatic heterocycles. The Kier molecular flexibility index (Phi) is 4.82. The van der Waals surface area contributed by atoms with E-state index in [0.717, 1.165) is 6.42 Å². The number of aromatic nitrogens is 2. The molecular weight excluding hydrogens is 228 g/mol. The predicted molar refractivity (Wildman–Crippen MR) is 70.8 cm³/mol. The summed E-state index contributed by atoms with van der Waals surface area (Å²) in [4.78, 5) is 19.9. The molecule has 1 rings (SSSR count). The first-order valence-corrected chi connectivity index (χ1v) is 6.21. The first kappa shape index (κ1) is 14.6. The van der Waals surface area contributed by atoms with E-state index in [1.54, 1.807) is 0 Å². The molecule has 0 bridgehead atoms. The van der Waals surface area contributed by atoms with Gasteiger partial charge in [0.2, 0.25) is 0 Å². The van der Waals surface area contributed by atoms with Gasteiger partial charge in [-0.3, -0.25) is 4.79 Å². The van der Waals surface area contributed by atoms with E-state index in [-0.39, 0.29) is 17.2 Å². The number of nitrogens with zero attached hydrogens (tertiary/aromatic N) is 2. The second-order valence-electron chi connectivity index (χ2n) is 5.96. The summed E-state index contributed by atoms with van der Waals surface area (Å²) in [5, 5.41) is 0. The Morgan fingerprint density at radius 3 is 2.33 bits per heavy atom. The van der Waals surface area contributed by atoms with E-state index in [1.165, 1.54) is 19.5 Å². The van der Waals surface area contributed by atoms with Gasteiger partial charge in [0.25, 0.3) is 0 Å². The lowest BCUT2D eigenvalue weighted by atomic mass is 9.83. The van der Waals surface area contributed by atoms with Crippen LogP contribution in [0.25, 0.3) is 0 Å². The van der Waals surface area contributed by atoms with Gasteiger partial charge in [-0.2, -0.15) is 0 Å². The largest absolute Gasteiger partial charge is 0.467 e. The van der Waals surface area contributed by atoms with Crippen molar-refractivity contribution in [2.45, 2.75) is 40.5 Å². The molecule has 0 radical (unpaired) electrons. The molecule has 1 unspecified atom stereocenters. The fraction of sp³-hybridized carbons (Fsp3) is 0.643. The minimum absolute atomic E-state index is 0.0920.